The molecule has 0 unspecified atom stereocenters. The topological polar surface area (TPSA) is 108 Å². The Morgan fingerprint density at radius 2 is 1.17 bits per heavy atom. The second kappa shape index (κ2) is 10.1. The Hall–Kier alpha value is -4.66. The van der Waals surface area contributed by atoms with Crippen LogP contribution in [-0.4, -0.2) is 50.2 Å². The average Bonchev–Trinajstić information content (AvgIpc) is 3.12. The molecule has 0 saturated carbocycles. The van der Waals surface area contributed by atoms with E-state index < -0.39 is 36.0 Å². The molecule has 0 N–H and O–H groups in total. The molecule has 0 spiro atoms. The minimum Gasteiger partial charge on any atom is -0.497 e. The number of hydrogen-bond donors (Lipinski definition) is 0. The predicted octanol–water partition coefficient (Wildman–Crippen LogP) is 3.03. The maximum absolute atomic E-state index is 13.4. The molecule has 4 rings (SSSR count). The zero-order valence-electron chi connectivity index (χ0n) is 18.9. The summed E-state index contributed by atoms with van der Waals surface area (Å²) in [5.74, 6) is -2.94. The standard InChI is InChI=1S/C26H21NO8/c1-32-18-13-14-20(33-2)19(15-18)27-23(28)21(34-25(30)16-9-5-3-6-10-16)22(24(27)29)35-26(31)17-11-7-4-8-12-17/h3-15,21-22H,1-2H3/t21-,22-/m1/s1. The first kappa shape index (κ1) is 23.5. The van der Waals surface area contributed by atoms with Crippen molar-refractivity contribution in [1.29, 1.82) is 0 Å². The highest BCUT2D eigenvalue weighted by molar-refractivity contribution is 6.26. The van der Waals surface area contributed by atoms with Gasteiger partial charge in [-0.25, -0.2) is 14.5 Å². The predicted molar refractivity (Wildman–Crippen MR) is 123 cm³/mol. The molecule has 3 aromatic rings. The van der Waals surface area contributed by atoms with Crippen molar-refractivity contribution in [3.63, 3.8) is 0 Å². The van der Waals surface area contributed by atoms with E-state index in [4.69, 9.17) is 18.9 Å². The van der Waals surface area contributed by atoms with Crippen molar-refractivity contribution in [2.24, 2.45) is 0 Å². The van der Waals surface area contributed by atoms with E-state index in [0.29, 0.717) is 5.75 Å². The third-order valence-electron chi connectivity index (χ3n) is 5.32. The normalized spacial score (nSPS) is 17.1. The van der Waals surface area contributed by atoms with Crippen molar-refractivity contribution >= 4 is 29.4 Å². The van der Waals surface area contributed by atoms with Crippen LogP contribution in [0.15, 0.2) is 78.9 Å². The maximum Gasteiger partial charge on any atom is 0.339 e. The second-order valence-corrected chi connectivity index (χ2v) is 7.43. The minimum atomic E-state index is -1.71. The molecule has 0 aromatic heterocycles. The number of nitrogens with zero attached hydrogens (tertiary/aromatic N) is 1. The quantitative estimate of drug-likeness (QED) is 0.379. The van der Waals surface area contributed by atoms with Crippen LogP contribution in [-0.2, 0) is 19.1 Å². The third kappa shape index (κ3) is 4.70. The summed E-state index contributed by atoms with van der Waals surface area (Å²) in [6.45, 7) is 0. The summed E-state index contributed by atoms with van der Waals surface area (Å²) in [5.41, 5.74) is 0.387. The van der Waals surface area contributed by atoms with Crippen molar-refractivity contribution in [1.82, 2.24) is 0 Å². The van der Waals surface area contributed by atoms with Gasteiger partial charge in [0.1, 0.15) is 11.5 Å². The third-order valence-corrected chi connectivity index (χ3v) is 5.32. The highest BCUT2D eigenvalue weighted by atomic mass is 16.6. The van der Waals surface area contributed by atoms with Crippen molar-refractivity contribution in [3.8, 4) is 11.5 Å². The lowest BCUT2D eigenvalue weighted by atomic mass is 10.2. The fourth-order valence-electron chi connectivity index (χ4n) is 3.57. The zero-order chi connectivity index (χ0) is 24.9. The number of rotatable bonds is 7. The number of amides is 2. The highest BCUT2D eigenvalue weighted by Crippen LogP contribution is 2.37. The summed E-state index contributed by atoms with van der Waals surface area (Å²) in [6, 6.07) is 20.4. The first-order chi connectivity index (χ1) is 16.9. The summed E-state index contributed by atoms with van der Waals surface area (Å²) in [6.07, 6.45) is -3.42. The molecule has 1 aliphatic heterocycles. The summed E-state index contributed by atoms with van der Waals surface area (Å²) in [4.78, 5) is 53.1. The number of benzene rings is 3. The lowest BCUT2D eigenvalue weighted by Crippen LogP contribution is -2.37. The van der Waals surface area contributed by atoms with Gasteiger partial charge in [-0.05, 0) is 36.4 Å². The molecule has 1 fully saturated rings. The van der Waals surface area contributed by atoms with E-state index >= 15 is 0 Å². The number of esters is 2. The number of ether oxygens (including phenoxy) is 4. The van der Waals surface area contributed by atoms with Crippen LogP contribution in [0.2, 0.25) is 0 Å². The Balaban J connectivity index is 1.71. The van der Waals surface area contributed by atoms with Gasteiger partial charge in [0.25, 0.3) is 11.8 Å². The number of carbonyl (C=O) groups excluding carboxylic acids is 4. The van der Waals surface area contributed by atoms with Crippen LogP contribution in [0.3, 0.4) is 0 Å². The SMILES string of the molecule is COc1ccc(OC)c(N2C(=O)[C@H](OC(=O)c3ccccc3)[C@@H](OC(=O)c3ccccc3)C2=O)c1. The second-order valence-electron chi connectivity index (χ2n) is 7.43. The van der Waals surface area contributed by atoms with Gasteiger partial charge in [-0.2, -0.15) is 0 Å². The molecular formula is C26H21NO8. The average molecular weight is 475 g/mol. The molecule has 9 nitrogen and oxygen atoms in total. The van der Waals surface area contributed by atoms with Crippen LogP contribution in [0.4, 0.5) is 5.69 Å². The Morgan fingerprint density at radius 1 is 0.686 bits per heavy atom. The van der Waals surface area contributed by atoms with Crippen LogP contribution in [0.1, 0.15) is 20.7 Å². The van der Waals surface area contributed by atoms with Gasteiger partial charge < -0.3 is 18.9 Å². The molecule has 1 aliphatic rings. The van der Waals surface area contributed by atoms with Crippen molar-refractivity contribution in [2.75, 3.05) is 19.1 Å². The van der Waals surface area contributed by atoms with Crippen LogP contribution >= 0.6 is 0 Å². The first-order valence-corrected chi connectivity index (χ1v) is 10.6. The number of imide groups is 1. The lowest BCUT2D eigenvalue weighted by molar-refractivity contribution is -0.130. The van der Waals surface area contributed by atoms with E-state index in [1.165, 1.54) is 50.6 Å². The minimum absolute atomic E-state index is 0.0564. The van der Waals surface area contributed by atoms with E-state index in [2.05, 4.69) is 0 Å². The molecule has 1 saturated heterocycles. The van der Waals surface area contributed by atoms with Gasteiger partial charge in [-0.1, -0.05) is 36.4 Å². The van der Waals surface area contributed by atoms with E-state index in [0.717, 1.165) is 4.90 Å². The monoisotopic (exact) mass is 475 g/mol. The van der Waals surface area contributed by atoms with Gasteiger partial charge >= 0.3 is 11.9 Å². The molecular weight excluding hydrogens is 454 g/mol. The number of carbonyl (C=O) groups is 4. The van der Waals surface area contributed by atoms with E-state index in [9.17, 15) is 19.2 Å². The summed E-state index contributed by atoms with van der Waals surface area (Å²) >= 11 is 0. The van der Waals surface area contributed by atoms with Gasteiger partial charge in [-0.15, -0.1) is 0 Å². The molecule has 0 aliphatic carbocycles. The maximum atomic E-state index is 13.4. The Morgan fingerprint density at radius 3 is 1.60 bits per heavy atom. The lowest BCUT2D eigenvalue weighted by Gasteiger charge is -2.18. The molecule has 0 radical (unpaired) electrons. The van der Waals surface area contributed by atoms with Crippen LogP contribution in [0.5, 0.6) is 11.5 Å². The molecule has 35 heavy (non-hydrogen) atoms. The van der Waals surface area contributed by atoms with Gasteiger partial charge in [0.2, 0.25) is 12.2 Å². The summed E-state index contributed by atoms with van der Waals surface area (Å²) in [7, 11) is 2.80. The van der Waals surface area contributed by atoms with E-state index in [1.54, 1.807) is 42.5 Å². The Kier molecular flexibility index (Phi) is 6.77. The fraction of sp³-hybridized carbons (Fsp3) is 0.154. The van der Waals surface area contributed by atoms with Crippen molar-refractivity contribution in [2.45, 2.75) is 12.2 Å². The summed E-state index contributed by atoms with van der Waals surface area (Å²) in [5, 5.41) is 0. The molecule has 1 heterocycles. The van der Waals surface area contributed by atoms with Crippen molar-refractivity contribution in [3.05, 3.63) is 90.0 Å². The van der Waals surface area contributed by atoms with Gasteiger partial charge in [0.15, 0.2) is 0 Å². The number of methoxy groups -OCH3 is 2. The van der Waals surface area contributed by atoms with E-state index in [-0.39, 0.29) is 22.6 Å². The molecule has 2 amide bonds. The van der Waals surface area contributed by atoms with Gasteiger partial charge in [-0.3, -0.25) is 9.59 Å². The first-order valence-electron chi connectivity index (χ1n) is 10.6. The van der Waals surface area contributed by atoms with Crippen molar-refractivity contribution < 1.29 is 38.1 Å². The molecule has 2 atom stereocenters. The van der Waals surface area contributed by atoms with E-state index in [1.807, 2.05) is 0 Å². The summed E-state index contributed by atoms with van der Waals surface area (Å²) < 4.78 is 21.3. The van der Waals surface area contributed by atoms with Crippen LogP contribution in [0, 0.1) is 0 Å². The van der Waals surface area contributed by atoms with Crippen LogP contribution in [0.25, 0.3) is 0 Å². The van der Waals surface area contributed by atoms with Gasteiger partial charge in [0.05, 0.1) is 31.0 Å². The largest absolute Gasteiger partial charge is 0.497 e. The molecule has 9 heteroatoms. The smallest absolute Gasteiger partial charge is 0.339 e. The van der Waals surface area contributed by atoms with Gasteiger partial charge in [0, 0.05) is 6.07 Å². The molecule has 178 valence electrons. The molecule has 0 bridgehead atoms. The highest BCUT2D eigenvalue weighted by Gasteiger charge is 2.54. The number of anilines is 1. The Bertz CT molecular complexity index is 1190. The van der Waals surface area contributed by atoms with Crippen LogP contribution < -0.4 is 14.4 Å². The number of hydrogen-bond acceptors (Lipinski definition) is 8. The molecule has 3 aromatic carbocycles. The fourth-order valence-corrected chi connectivity index (χ4v) is 3.57. The zero-order valence-corrected chi connectivity index (χ0v) is 18.9. The Labute approximate surface area is 200 Å².